The fraction of sp³-hybridized carbons (Fsp3) is 0.385. The van der Waals surface area contributed by atoms with Gasteiger partial charge < -0.3 is 19.5 Å². The van der Waals surface area contributed by atoms with Gasteiger partial charge in [0.15, 0.2) is 5.96 Å². The van der Waals surface area contributed by atoms with Crippen LogP contribution in [0.2, 0.25) is 0 Å². The summed E-state index contributed by atoms with van der Waals surface area (Å²) in [6, 6.07) is 20.7. The fourth-order valence-electron chi connectivity index (χ4n) is 4.18. The number of hydrogen-bond donors (Lipinski definition) is 1. The average molecular weight is 432 g/mol. The van der Waals surface area contributed by atoms with E-state index in [0.29, 0.717) is 6.54 Å². The van der Waals surface area contributed by atoms with E-state index in [-0.39, 0.29) is 6.10 Å². The van der Waals surface area contributed by atoms with Crippen LogP contribution in [-0.4, -0.2) is 46.7 Å². The van der Waals surface area contributed by atoms with E-state index in [0.717, 1.165) is 62.9 Å². The lowest BCUT2D eigenvalue weighted by Gasteiger charge is -2.34. The Morgan fingerprint density at radius 2 is 1.78 bits per heavy atom. The van der Waals surface area contributed by atoms with Crippen molar-refractivity contribution in [2.24, 2.45) is 4.99 Å². The molecule has 1 aliphatic heterocycles. The molecule has 1 saturated heterocycles. The standard InChI is InChI=1S/C26H33N5O/c1-27-26(31-18-14-24(15-19-31)32-23-12-6-3-7-13-23)29-21-25-28-16-20-30(25)17-8-11-22-9-4-2-5-10-22/h2-7,9-10,12-13,16,20,24H,8,11,14-15,17-19,21H2,1H3,(H,27,29). The Morgan fingerprint density at radius 1 is 1.06 bits per heavy atom. The predicted molar refractivity (Wildman–Crippen MR) is 129 cm³/mol. The summed E-state index contributed by atoms with van der Waals surface area (Å²) in [6.45, 7) is 3.50. The van der Waals surface area contributed by atoms with E-state index in [1.807, 2.05) is 43.6 Å². The number of rotatable bonds is 8. The molecule has 0 unspecified atom stereocenters. The molecule has 1 aromatic heterocycles. The number of imidazole rings is 1. The molecule has 2 heterocycles. The number of ether oxygens (including phenoxy) is 1. The molecule has 0 saturated carbocycles. The lowest BCUT2D eigenvalue weighted by Crippen LogP contribution is -2.47. The van der Waals surface area contributed by atoms with E-state index < -0.39 is 0 Å². The van der Waals surface area contributed by atoms with Crippen molar-refractivity contribution in [1.29, 1.82) is 0 Å². The number of piperidine rings is 1. The maximum Gasteiger partial charge on any atom is 0.194 e. The summed E-state index contributed by atoms with van der Waals surface area (Å²) in [7, 11) is 1.85. The molecule has 3 aromatic rings. The number of benzene rings is 2. The van der Waals surface area contributed by atoms with Crippen LogP contribution in [0.4, 0.5) is 0 Å². The second-order valence-electron chi connectivity index (χ2n) is 8.14. The van der Waals surface area contributed by atoms with Crippen molar-refractivity contribution >= 4 is 5.96 Å². The average Bonchev–Trinajstić information content (AvgIpc) is 3.29. The highest BCUT2D eigenvalue weighted by atomic mass is 16.5. The van der Waals surface area contributed by atoms with E-state index in [2.05, 4.69) is 61.3 Å². The molecule has 1 fully saturated rings. The first-order valence-electron chi connectivity index (χ1n) is 11.5. The van der Waals surface area contributed by atoms with Crippen molar-refractivity contribution in [3.63, 3.8) is 0 Å². The second kappa shape index (κ2) is 11.4. The third-order valence-corrected chi connectivity index (χ3v) is 5.91. The molecule has 2 aromatic carbocycles. The van der Waals surface area contributed by atoms with Crippen LogP contribution in [0.15, 0.2) is 78.0 Å². The smallest absolute Gasteiger partial charge is 0.194 e. The first-order chi connectivity index (χ1) is 15.8. The minimum absolute atomic E-state index is 0.260. The Kier molecular flexibility index (Phi) is 7.79. The maximum atomic E-state index is 6.12. The number of nitrogens with one attached hydrogen (secondary N) is 1. The number of nitrogens with zero attached hydrogens (tertiary/aromatic N) is 4. The van der Waals surface area contributed by atoms with E-state index in [9.17, 15) is 0 Å². The number of para-hydroxylation sites is 1. The van der Waals surface area contributed by atoms with Gasteiger partial charge in [-0.05, 0) is 30.5 Å². The summed E-state index contributed by atoms with van der Waals surface area (Å²) in [5.41, 5.74) is 1.38. The maximum absolute atomic E-state index is 6.12. The van der Waals surface area contributed by atoms with Crippen LogP contribution >= 0.6 is 0 Å². The highest BCUT2D eigenvalue weighted by Gasteiger charge is 2.22. The molecular weight excluding hydrogens is 398 g/mol. The van der Waals surface area contributed by atoms with Gasteiger partial charge in [-0.15, -0.1) is 0 Å². The van der Waals surface area contributed by atoms with E-state index in [4.69, 9.17) is 4.74 Å². The lowest BCUT2D eigenvalue weighted by atomic mass is 10.1. The molecular formula is C26H33N5O. The van der Waals surface area contributed by atoms with E-state index in [1.165, 1.54) is 5.56 Å². The SMILES string of the molecule is CN=C(NCc1nccn1CCCc1ccccc1)N1CCC(Oc2ccccc2)CC1. The first kappa shape index (κ1) is 21.9. The van der Waals surface area contributed by atoms with Gasteiger partial charge in [-0.1, -0.05) is 48.5 Å². The summed E-state index contributed by atoms with van der Waals surface area (Å²) in [5.74, 6) is 2.93. The largest absolute Gasteiger partial charge is 0.490 e. The van der Waals surface area contributed by atoms with Crippen LogP contribution in [0.3, 0.4) is 0 Å². The highest BCUT2D eigenvalue weighted by Crippen LogP contribution is 2.18. The number of guanidine groups is 1. The highest BCUT2D eigenvalue weighted by molar-refractivity contribution is 5.79. The molecule has 0 bridgehead atoms. The molecule has 0 aliphatic carbocycles. The summed E-state index contributed by atoms with van der Waals surface area (Å²) < 4.78 is 8.36. The summed E-state index contributed by atoms with van der Waals surface area (Å²) in [4.78, 5) is 11.4. The van der Waals surface area contributed by atoms with Gasteiger partial charge in [-0.2, -0.15) is 0 Å². The number of aryl methyl sites for hydroxylation is 2. The molecule has 0 atom stereocenters. The minimum Gasteiger partial charge on any atom is -0.490 e. The third-order valence-electron chi connectivity index (χ3n) is 5.91. The van der Waals surface area contributed by atoms with Crippen LogP contribution < -0.4 is 10.1 Å². The number of aliphatic imine (C=N–C) groups is 1. The Bertz CT molecular complexity index is 962. The van der Waals surface area contributed by atoms with Crippen LogP contribution in [0.5, 0.6) is 5.75 Å². The van der Waals surface area contributed by atoms with Gasteiger partial charge in [0, 0.05) is 51.9 Å². The zero-order valence-electron chi connectivity index (χ0n) is 18.9. The molecule has 1 aliphatic rings. The quantitative estimate of drug-likeness (QED) is 0.430. The molecule has 6 heteroatoms. The third kappa shape index (κ3) is 6.13. The van der Waals surface area contributed by atoms with Gasteiger partial charge in [0.25, 0.3) is 0 Å². The molecule has 4 rings (SSSR count). The van der Waals surface area contributed by atoms with Gasteiger partial charge in [-0.25, -0.2) is 4.98 Å². The van der Waals surface area contributed by atoms with Crippen LogP contribution in [0.25, 0.3) is 0 Å². The normalized spacial score (nSPS) is 15.0. The molecule has 1 N–H and O–H groups in total. The summed E-state index contributed by atoms with van der Waals surface area (Å²) in [5, 5.41) is 3.51. The lowest BCUT2D eigenvalue weighted by molar-refractivity contribution is 0.129. The predicted octanol–water partition coefficient (Wildman–Crippen LogP) is 4.13. The van der Waals surface area contributed by atoms with Gasteiger partial charge in [0.2, 0.25) is 0 Å². The van der Waals surface area contributed by atoms with Crippen LogP contribution in [0, 0.1) is 0 Å². The zero-order chi connectivity index (χ0) is 22.0. The molecule has 6 nitrogen and oxygen atoms in total. The minimum atomic E-state index is 0.260. The van der Waals surface area contributed by atoms with Crippen molar-refractivity contribution < 1.29 is 4.74 Å². The summed E-state index contributed by atoms with van der Waals surface area (Å²) >= 11 is 0. The van der Waals surface area contributed by atoms with Crippen molar-refractivity contribution in [1.82, 2.24) is 19.8 Å². The molecule has 32 heavy (non-hydrogen) atoms. The van der Waals surface area contributed by atoms with Crippen LogP contribution in [0.1, 0.15) is 30.7 Å². The number of hydrogen-bond acceptors (Lipinski definition) is 3. The van der Waals surface area contributed by atoms with Crippen molar-refractivity contribution in [2.75, 3.05) is 20.1 Å². The Hall–Kier alpha value is -3.28. The molecule has 0 radical (unpaired) electrons. The Morgan fingerprint density at radius 3 is 2.50 bits per heavy atom. The number of likely N-dealkylation sites (tertiary alicyclic amines) is 1. The first-order valence-corrected chi connectivity index (χ1v) is 11.5. The topological polar surface area (TPSA) is 54.7 Å². The molecule has 168 valence electrons. The fourth-order valence-corrected chi connectivity index (χ4v) is 4.18. The Balaban J connectivity index is 1.22. The molecule has 0 amide bonds. The van der Waals surface area contributed by atoms with Crippen molar-refractivity contribution in [3.8, 4) is 5.75 Å². The van der Waals surface area contributed by atoms with E-state index in [1.54, 1.807) is 0 Å². The monoisotopic (exact) mass is 431 g/mol. The van der Waals surface area contributed by atoms with Gasteiger partial charge in [0.05, 0.1) is 6.54 Å². The summed E-state index contributed by atoms with van der Waals surface area (Å²) in [6.07, 6.45) is 8.36. The van der Waals surface area contributed by atoms with E-state index >= 15 is 0 Å². The van der Waals surface area contributed by atoms with Crippen molar-refractivity contribution in [2.45, 2.75) is 44.9 Å². The van der Waals surface area contributed by atoms with Gasteiger partial charge in [-0.3, -0.25) is 4.99 Å². The number of aromatic nitrogens is 2. The van der Waals surface area contributed by atoms with Crippen LogP contribution in [-0.2, 0) is 19.5 Å². The van der Waals surface area contributed by atoms with Gasteiger partial charge in [0.1, 0.15) is 17.7 Å². The van der Waals surface area contributed by atoms with Crippen molar-refractivity contribution in [3.05, 3.63) is 84.4 Å². The molecule has 0 spiro atoms. The second-order valence-corrected chi connectivity index (χ2v) is 8.14. The Labute approximate surface area is 191 Å². The van der Waals surface area contributed by atoms with Gasteiger partial charge >= 0.3 is 0 Å². The zero-order valence-corrected chi connectivity index (χ0v) is 18.9.